The van der Waals surface area contributed by atoms with Gasteiger partial charge < -0.3 is 14.2 Å². The molecule has 2 heterocycles. The van der Waals surface area contributed by atoms with Crippen LogP contribution in [0.1, 0.15) is 24.8 Å². The van der Waals surface area contributed by atoms with Gasteiger partial charge in [0, 0.05) is 31.7 Å². The second kappa shape index (κ2) is 5.88. The molecule has 3 rings (SSSR count). The second-order valence-corrected chi connectivity index (χ2v) is 5.73. The Balaban J connectivity index is 1.68. The van der Waals surface area contributed by atoms with Crippen molar-refractivity contribution in [3.05, 3.63) is 29.6 Å². The van der Waals surface area contributed by atoms with Crippen LogP contribution in [-0.2, 0) is 15.4 Å². The summed E-state index contributed by atoms with van der Waals surface area (Å²) in [7, 11) is 0. The molecule has 0 amide bonds. The molecule has 5 heteroatoms. The van der Waals surface area contributed by atoms with Gasteiger partial charge in [-0.15, -0.1) is 11.6 Å². The van der Waals surface area contributed by atoms with Gasteiger partial charge in [0.1, 0.15) is 6.10 Å². The van der Waals surface area contributed by atoms with Crippen LogP contribution in [0, 0.1) is 5.82 Å². The predicted molar refractivity (Wildman–Crippen MR) is 73.7 cm³/mol. The van der Waals surface area contributed by atoms with Crippen molar-refractivity contribution >= 4 is 11.6 Å². The molecule has 0 bridgehead atoms. The Hall–Kier alpha value is -0.840. The Bertz CT molecular complexity index is 474. The summed E-state index contributed by atoms with van der Waals surface area (Å²) in [5.74, 6) is 0.237. The minimum atomic E-state index is -0.355. The summed E-state index contributed by atoms with van der Waals surface area (Å²) in [6.45, 7) is 1.97. The zero-order valence-electron chi connectivity index (χ0n) is 11.2. The van der Waals surface area contributed by atoms with Crippen LogP contribution >= 0.6 is 11.6 Å². The molecule has 2 fully saturated rings. The lowest BCUT2D eigenvalue weighted by atomic mass is 9.91. The van der Waals surface area contributed by atoms with Crippen molar-refractivity contribution in [3.8, 4) is 5.75 Å². The number of ether oxygens (including phenoxy) is 3. The normalized spacial score (nSPS) is 29.8. The molecule has 20 heavy (non-hydrogen) atoms. The lowest BCUT2D eigenvalue weighted by Gasteiger charge is -2.37. The molecule has 1 aromatic carbocycles. The van der Waals surface area contributed by atoms with Crippen molar-refractivity contribution in [3.63, 3.8) is 0 Å². The van der Waals surface area contributed by atoms with Gasteiger partial charge in [-0.2, -0.15) is 0 Å². The number of halogens is 2. The van der Waals surface area contributed by atoms with E-state index in [1.54, 1.807) is 12.1 Å². The molecule has 2 saturated heterocycles. The SMILES string of the molecule is Fc1cc(CCl)ccc1OC1CCOC2(CCOC2)C1. The standard InChI is InChI=1S/C15H18ClFO3/c16-9-11-1-2-14(13(17)7-11)20-12-3-5-19-15(8-12)4-6-18-10-15/h1-2,7,12H,3-6,8-10H2. The summed E-state index contributed by atoms with van der Waals surface area (Å²) in [5.41, 5.74) is 0.527. The molecule has 2 unspecified atom stereocenters. The highest BCUT2D eigenvalue weighted by Gasteiger charge is 2.41. The van der Waals surface area contributed by atoms with Crippen molar-refractivity contribution in [2.75, 3.05) is 19.8 Å². The minimum absolute atomic E-state index is 0.0261. The summed E-state index contributed by atoms with van der Waals surface area (Å²) in [6, 6.07) is 4.87. The van der Waals surface area contributed by atoms with Crippen LogP contribution in [-0.4, -0.2) is 31.5 Å². The lowest BCUT2D eigenvalue weighted by molar-refractivity contribution is -0.112. The molecule has 110 valence electrons. The molecule has 0 radical (unpaired) electrons. The topological polar surface area (TPSA) is 27.7 Å². The molecule has 2 atom stereocenters. The number of alkyl halides is 1. The van der Waals surface area contributed by atoms with Crippen molar-refractivity contribution in [1.82, 2.24) is 0 Å². The molecule has 0 saturated carbocycles. The molecule has 0 aromatic heterocycles. The minimum Gasteiger partial charge on any atom is -0.487 e. The molecule has 1 spiro atoms. The van der Waals surface area contributed by atoms with E-state index in [-0.39, 0.29) is 17.5 Å². The maximum absolute atomic E-state index is 13.9. The van der Waals surface area contributed by atoms with Gasteiger partial charge in [0.15, 0.2) is 11.6 Å². The van der Waals surface area contributed by atoms with Crippen molar-refractivity contribution in [1.29, 1.82) is 0 Å². The smallest absolute Gasteiger partial charge is 0.165 e. The van der Waals surface area contributed by atoms with Crippen LogP contribution in [0.25, 0.3) is 0 Å². The molecule has 2 aliphatic heterocycles. The predicted octanol–water partition coefficient (Wildman–Crippen LogP) is 3.28. The van der Waals surface area contributed by atoms with E-state index in [4.69, 9.17) is 25.8 Å². The van der Waals surface area contributed by atoms with Crippen molar-refractivity contribution in [2.45, 2.75) is 36.8 Å². The maximum Gasteiger partial charge on any atom is 0.165 e. The number of hydrogen-bond acceptors (Lipinski definition) is 3. The average molecular weight is 301 g/mol. The van der Waals surface area contributed by atoms with Crippen molar-refractivity contribution < 1.29 is 18.6 Å². The third-order valence-electron chi connectivity index (χ3n) is 3.96. The van der Waals surface area contributed by atoms with Crippen LogP contribution in [0.3, 0.4) is 0 Å². The fraction of sp³-hybridized carbons (Fsp3) is 0.600. The van der Waals surface area contributed by atoms with Gasteiger partial charge in [0.2, 0.25) is 0 Å². The Labute approximate surface area is 123 Å². The third kappa shape index (κ3) is 2.92. The van der Waals surface area contributed by atoms with E-state index in [0.29, 0.717) is 24.8 Å². The van der Waals surface area contributed by atoms with E-state index >= 15 is 0 Å². The number of benzene rings is 1. The molecular formula is C15H18ClFO3. The van der Waals surface area contributed by atoms with Crippen LogP contribution < -0.4 is 4.74 Å². The van der Waals surface area contributed by atoms with Crippen LogP contribution in [0.15, 0.2) is 18.2 Å². The molecule has 1 aromatic rings. The van der Waals surface area contributed by atoms with E-state index in [2.05, 4.69) is 0 Å². The van der Waals surface area contributed by atoms with E-state index in [9.17, 15) is 4.39 Å². The number of rotatable bonds is 3. The van der Waals surface area contributed by atoms with Gasteiger partial charge in [0.25, 0.3) is 0 Å². The van der Waals surface area contributed by atoms with Crippen LogP contribution in [0.4, 0.5) is 4.39 Å². The Morgan fingerprint density at radius 1 is 1.40 bits per heavy atom. The molecule has 2 aliphatic rings. The molecule has 0 N–H and O–H groups in total. The zero-order chi connectivity index (χ0) is 14.0. The third-order valence-corrected chi connectivity index (χ3v) is 4.27. The highest BCUT2D eigenvalue weighted by atomic mass is 35.5. The van der Waals surface area contributed by atoms with Gasteiger partial charge >= 0.3 is 0 Å². The van der Waals surface area contributed by atoms with E-state index in [1.165, 1.54) is 6.07 Å². The first-order valence-electron chi connectivity index (χ1n) is 6.93. The summed E-state index contributed by atoms with van der Waals surface area (Å²) in [6.07, 6.45) is 2.39. The van der Waals surface area contributed by atoms with Gasteiger partial charge in [-0.3, -0.25) is 0 Å². The van der Waals surface area contributed by atoms with Gasteiger partial charge in [-0.25, -0.2) is 4.39 Å². The van der Waals surface area contributed by atoms with Crippen molar-refractivity contribution in [2.24, 2.45) is 0 Å². The van der Waals surface area contributed by atoms with E-state index in [0.717, 1.165) is 31.4 Å². The van der Waals surface area contributed by atoms with Gasteiger partial charge in [-0.1, -0.05) is 6.07 Å². The quantitative estimate of drug-likeness (QED) is 0.802. The average Bonchev–Trinajstić information content (AvgIpc) is 2.89. The van der Waals surface area contributed by atoms with E-state index < -0.39 is 0 Å². The summed E-state index contributed by atoms with van der Waals surface area (Å²) >= 11 is 5.69. The Morgan fingerprint density at radius 3 is 3.00 bits per heavy atom. The first-order valence-corrected chi connectivity index (χ1v) is 7.47. The van der Waals surface area contributed by atoms with Crippen LogP contribution in [0.5, 0.6) is 5.75 Å². The Morgan fingerprint density at radius 2 is 2.30 bits per heavy atom. The number of hydrogen-bond donors (Lipinski definition) is 0. The van der Waals surface area contributed by atoms with Crippen LogP contribution in [0.2, 0.25) is 0 Å². The highest BCUT2D eigenvalue weighted by Crippen LogP contribution is 2.35. The maximum atomic E-state index is 13.9. The van der Waals surface area contributed by atoms with Gasteiger partial charge in [-0.05, 0) is 17.7 Å². The fourth-order valence-corrected chi connectivity index (χ4v) is 3.02. The molecular weight excluding hydrogens is 283 g/mol. The summed E-state index contributed by atoms with van der Waals surface area (Å²) < 4.78 is 31.0. The zero-order valence-corrected chi connectivity index (χ0v) is 12.0. The fourth-order valence-electron chi connectivity index (χ4n) is 2.85. The monoisotopic (exact) mass is 300 g/mol. The molecule has 0 aliphatic carbocycles. The first kappa shape index (κ1) is 14.1. The largest absolute Gasteiger partial charge is 0.487 e. The van der Waals surface area contributed by atoms with E-state index in [1.807, 2.05) is 0 Å². The molecule has 3 nitrogen and oxygen atoms in total. The first-order chi connectivity index (χ1) is 9.71. The summed E-state index contributed by atoms with van der Waals surface area (Å²) in [5, 5.41) is 0. The summed E-state index contributed by atoms with van der Waals surface area (Å²) in [4.78, 5) is 0. The van der Waals surface area contributed by atoms with Gasteiger partial charge in [0.05, 0.1) is 18.8 Å². The second-order valence-electron chi connectivity index (χ2n) is 5.47. The highest BCUT2D eigenvalue weighted by molar-refractivity contribution is 6.17. The lowest BCUT2D eigenvalue weighted by Crippen LogP contribution is -2.44. The Kier molecular flexibility index (Phi) is 4.15.